The Morgan fingerprint density at radius 1 is 1.40 bits per heavy atom. The van der Waals surface area contributed by atoms with Gasteiger partial charge in [-0.25, -0.2) is 0 Å². The van der Waals surface area contributed by atoms with Crippen molar-refractivity contribution in [2.45, 2.75) is 45.1 Å². The molecule has 0 aliphatic heterocycles. The quantitative estimate of drug-likeness (QED) is 0.857. The summed E-state index contributed by atoms with van der Waals surface area (Å²) in [6.07, 6.45) is 6.74. The summed E-state index contributed by atoms with van der Waals surface area (Å²) in [5.41, 5.74) is 6.36. The van der Waals surface area contributed by atoms with Crippen LogP contribution in [0.4, 0.5) is 0 Å². The normalized spacial score (nSPS) is 20.5. The van der Waals surface area contributed by atoms with Gasteiger partial charge in [0, 0.05) is 20.3 Å². The first kappa shape index (κ1) is 11.6. The molecule has 1 unspecified atom stereocenters. The highest BCUT2D eigenvalue weighted by atomic mass is 79.9. The van der Waals surface area contributed by atoms with Crippen molar-refractivity contribution in [1.29, 1.82) is 0 Å². The standard InChI is InChI=1S/C12H18BrNS/c1-8-7-10(13)12(15-8)11(14)9-5-3-2-4-6-9/h7,9,11H,2-6,14H2,1H3. The van der Waals surface area contributed by atoms with Gasteiger partial charge in [-0.2, -0.15) is 0 Å². The fraction of sp³-hybridized carbons (Fsp3) is 0.667. The maximum atomic E-state index is 6.36. The fourth-order valence-electron chi connectivity index (χ4n) is 2.44. The van der Waals surface area contributed by atoms with Crippen molar-refractivity contribution in [3.05, 3.63) is 20.3 Å². The van der Waals surface area contributed by atoms with Gasteiger partial charge in [0.25, 0.3) is 0 Å². The molecule has 3 heteroatoms. The van der Waals surface area contributed by atoms with Gasteiger partial charge in [0.15, 0.2) is 0 Å². The van der Waals surface area contributed by atoms with Crippen LogP contribution in [0.2, 0.25) is 0 Å². The van der Waals surface area contributed by atoms with E-state index in [4.69, 9.17) is 5.73 Å². The molecule has 1 aromatic heterocycles. The van der Waals surface area contributed by atoms with Gasteiger partial charge < -0.3 is 5.73 Å². The number of thiophene rings is 1. The molecular formula is C12H18BrNS. The molecule has 1 saturated carbocycles. The maximum Gasteiger partial charge on any atom is 0.0429 e. The van der Waals surface area contributed by atoms with Gasteiger partial charge in [-0.3, -0.25) is 0 Å². The number of aryl methyl sites for hydroxylation is 1. The number of rotatable bonds is 2. The van der Waals surface area contributed by atoms with Gasteiger partial charge in [0.05, 0.1) is 0 Å². The zero-order chi connectivity index (χ0) is 10.8. The molecule has 1 aliphatic rings. The number of halogens is 1. The van der Waals surface area contributed by atoms with Gasteiger partial charge in [0.2, 0.25) is 0 Å². The lowest BCUT2D eigenvalue weighted by Crippen LogP contribution is -2.22. The van der Waals surface area contributed by atoms with E-state index in [0.717, 1.165) is 0 Å². The first-order chi connectivity index (χ1) is 7.18. The molecule has 2 N–H and O–H groups in total. The van der Waals surface area contributed by atoms with Crippen molar-refractivity contribution < 1.29 is 0 Å². The van der Waals surface area contributed by atoms with Gasteiger partial charge in [-0.1, -0.05) is 19.3 Å². The molecule has 1 heterocycles. The number of nitrogens with two attached hydrogens (primary N) is 1. The first-order valence-corrected chi connectivity index (χ1v) is 7.31. The molecule has 0 radical (unpaired) electrons. The minimum Gasteiger partial charge on any atom is -0.323 e. The molecule has 0 amide bonds. The Morgan fingerprint density at radius 3 is 2.60 bits per heavy atom. The largest absolute Gasteiger partial charge is 0.323 e. The van der Waals surface area contributed by atoms with Crippen LogP contribution in [0.25, 0.3) is 0 Å². The summed E-state index contributed by atoms with van der Waals surface area (Å²) >= 11 is 5.46. The summed E-state index contributed by atoms with van der Waals surface area (Å²) in [5, 5.41) is 0. The zero-order valence-corrected chi connectivity index (χ0v) is 11.5. The minimum atomic E-state index is 0.248. The summed E-state index contributed by atoms with van der Waals surface area (Å²) in [7, 11) is 0. The van der Waals surface area contributed by atoms with Crippen LogP contribution in [0.1, 0.15) is 47.9 Å². The molecule has 1 aliphatic carbocycles. The highest BCUT2D eigenvalue weighted by molar-refractivity contribution is 9.10. The molecule has 0 aromatic carbocycles. The molecule has 1 atom stereocenters. The van der Waals surface area contributed by atoms with Crippen LogP contribution in [0.5, 0.6) is 0 Å². The summed E-state index contributed by atoms with van der Waals surface area (Å²) in [4.78, 5) is 2.70. The predicted molar refractivity (Wildman–Crippen MR) is 70.3 cm³/mol. The molecule has 15 heavy (non-hydrogen) atoms. The van der Waals surface area contributed by atoms with Crippen LogP contribution in [-0.2, 0) is 0 Å². The molecule has 1 nitrogen and oxygen atoms in total. The highest BCUT2D eigenvalue weighted by Crippen LogP contribution is 2.39. The Hall–Kier alpha value is 0.140. The maximum absolute atomic E-state index is 6.36. The van der Waals surface area contributed by atoms with Crippen LogP contribution in [-0.4, -0.2) is 0 Å². The van der Waals surface area contributed by atoms with Gasteiger partial charge >= 0.3 is 0 Å². The number of hydrogen-bond donors (Lipinski definition) is 1. The second-order valence-corrected chi connectivity index (χ2v) is 6.64. The lowest BCUT2D eigenvalue weighted by atomic mass is 9.84. The van der Waals surface area contributed by atoms with Crippen molar-refractivity contribution in [3.63, 3.8) is 0 Å². The minimum absolute atomic E-state index is 0.248. The van der Waals surface area contributed by atoms with E-state index in [1.807, 2.05) is 11.3 Å². The van der Waals surface area contributed by atoms with Crippen molar-refractivity contribution in [1.82, 2.24) is 0 Å². The molecule has 1 aromatic rings. The Balaban J connectivity index is 2.12. The Bertz CT molecular complexity index is 328. The average molecular weight is 288 g/mol. The Kier molecular flexibility index (Phi) is 3.86. The summed E-state index contributed by atoms with van der Waals surface area (Å²) < 4.78 is 1.21. The fourth-order valence-corrected chi connectivity index (χ4v) is 4.45. The Labute approximate surface area is 104 Å². The van der Waals surface area contributed by atoms with E-state index in [1.165, 1.54) is 46.3 Å². The van der Waals surface area contributed by atoms with Crippen LogP contribution >= 0.6 is 27.3 Å². The van der Waals surface area contributed by atoms with Crippen molar-refractivity contribution in [3.8, 4) is 0 Å². The van der Waals surface area contributed by atoms with Crippen molar-refractivity contribution >= 4 is 27.3 Å². The third-order valence-corrected chi connectivity index (χ3v) is 5.37. The molecule has 0 bridgehead atoms. The van der Waals surface area contributed by atoms with E-state index in [1.54, 1.807) is 0 Å². The SMILES string of the molecule is Cc1cc(Br)c(C(N)C2CCCCC2)s1. The second-order valence-electron chi connectivity index (χ2n) is 4.49. The zero-order valence-electron chi connectivity index (χ0n) is 9.13. The third-order valence-electron chi connectivity index (χ3n) is 3.30. The molecule has 0 spiro atoms. The lowest BCUT2D eigenvalue weighted by molar-refractivity contribution is 0.310. The van der Waals surface area contributed by atoms with E-state index in [9.17, 15) is 0 Å². The van der Waals surface area contributed by atoms with Crippen LogP contribution in [0, 0.1) is 12.8 Å². The van der Waals surface area contributed by atoms with E-state index in [-0.39, 0.29) is 6.04 Å². The topological polar surface area (TPSA) is 26.0 Å². The predicted octanol–water partition coefficient (Wildman–Crippen LogP) is 4.40. The summed E-state index contributed by atoms with van der Waals surface area (Å²) in [5.74, 6) is 0.702. The molecule has 2 rings (SSSR count). The third kappa shape index (κ3) is 2.63. The monoisotopic (exact) mass is 287 g/mol. The van der Waals surface area contributed by atoms with E-state index in [0.29, 0.717) is 5.92 Å². The van der Waals surface area contributed by atoms with Crippen molar-refractivity contribution in [2.75, 3.05) is 0 Å². The molecule has 84 valence electrons. The van der Waals surface area contributed by atoms with Gasteiger partial charge in [0.1, 0.15) is 0 Å². The highest BCUT2D eigenvalue weighted by Gasteiger charge is 2.24. The van der Waals surface area contributed by atoms with E-state index < -0.39 is 0 Å². The van der Waals surface area contributed by atoms with Crippen LogP contribution in [0.15, 0.2) is 10.5 Å². The first-order valence-electron chi connectivity index (χ1n) is 5.70. The molecule has 1 fully saturated rings. The summed E-state index contributed by atoms with van der Waals surface area (Å²) in [6.45, 7) is 2.15. The van der Waals surface area contributed by atoms with E-state index in [2.05, 4.69) is 28.9 Å². The van der Waals surface area contributed by atoms with Crippen molar-refractivity contribution in [2.24, 2.45) is 11.7 Å². The number of hydrogen-bond acceptors (Lipinski definition) is 2. The smallest absolute Gasteiger partial charge is 0.0429 e. The molecular weight excluding hydrogens is 270 g/mol. The second kappa shape index (κ2) is 4.98. The van der Waals surface area contributed by atoms with Gasteiger partial charge in [-0.05, 0) is 47.7 Å². The van der Waals surface area contributed by atoms with Crippen LogP contribution < -0.4 is 5.73 Å². The average Bonchev–Trinajstić information content (AvgIpc) is 2.58. The van der Waals surface area contributed by atoms with Gasteiger partial charge in [-0.15, -0.1) is 11.3 Å². The van der Waals surface area contributed by atoms with E-state index >= 15 is 0 Å². The Morgan fingerprint density at radius 2 is 2.07 bits per heavy atom. The lowest BCUT2D eigenvalue weighted by Gasteiger charge is -2.27. The van der Waals surface area contributed by atoms with Crippen LogP contribution in [0.3, 0.4) is 0 Å². The molecule has 0 saturated heterocycles. The summed E-state index contributed by atoms with van der Waals surface area (Å²) in [6, 6.07) is 2.43.